The second-order valence-corrected chi connectivity index (χ2v) is 7.91. The normalized spacial score (nSPS) is 22.8. The van der Waals surface area contributed by atoms with Gasteiger partial charge in [-0.25, -0.2) is 0 Å². The number of nitrogens with zero attached hydrogens (tertiary/aromatic N) is 2. The number of piperidine rings is 1. The van der Waals surface area contributed by atoms with Crippen molar-refractivity contribution < 1.29 is 13.9 Å². The lowest BCUT2D eigenvalue weighted by molar-refractivity contribution is 0.0920. The highest BCUT2D eigenvalue weighted by molar-refractivity contribution is 5.91. The third-order valence-electron chi connectivity index (χ3n) is 5.94. The minimum atomic E-state index is -0.172. The van der Waals surface area contributed by atoms with Crippen LogP contribution in [0.5, 0.6) is 5.75 Å². The van der Waals surface area contributed by atoms with Crippen molar-refractivity contribution in [3.63, 3.8) is 0 Å². The lowest BCUT2D eigenvalue weighted by atomic mass is 9.95. The number of benzene rings is 1. The molecule has 5 rings (SSSR count). The van der Waals surface area contributed by atoms with E-state index in [9.17, 15) is 4.79 Å². The molecule has 4 heterocycles. The minimum absolute atomic E-state index is 0.172. The first-order chi connectivity index (χ1) is 13.6. The van der Waals surface area contributed by atoms with Crippen molar-refractivity contribution in [1.29, 1.82) is 0 Å². The number of rotatable bonds is 6. The zero-order valence-corrected chi connectivity index (χ0v) is 16.7. The van der Waals surface area contributed by atoms with E-state index >= 15 is 0 Å². The van der Waals surface area contributed by atoms with Gasteiger partial charge >= 0.3 is 0 Å². The molecule has 0 unspecified atom stereocenters. The lowest BCUT2D eigenvalue weighted by Crippen LogP contribution is -2.43. The molecule has 3 aliphatic heterocycles. The van der Waals surface area contributed by atoms with Crippen molar-refractivity contribution in [2.45, 2.75) is 32.0 Å². The summed E-state index contributed by atoms with van der Waals surface area (Å²) in [6.07, 6.45) is 2.52. The maximum Gasteiger partial charge on any atom is 0.286 e. The standard InChI is InChI=1S/C22H29N3O3/c1-23-22(26)21-10-9-20(28-21)15-25-13-17-3-6-18(25)14-24(12-17)11-16-4-7-19(27-2)8-5-16/h4-5,7-10,17-18H,3,6,11-15H2,1-2H3,(H,23,26)/t17-,18+/m1/s1. The fraction of sp³-hybridized carbons (Fsp3) is 0.500. The number of carbonyl (C=O) groups is 1. The topological polar surface area (TPSA) is 58.0 Å². The van der Waals surface area contributed by atoms with E-state index in [1.54, 1.807) is 20.2 Å². The molecule has 3 aliphatic rings. The van der Waals surface area contributed by atoms with Gasteiger partial charge in [-0.15, -0.1) is 0 Å². The molecule has 3 saturated heterocycles. The summed E-state index contributed by atoms with van der Waals surface area (Å²) >= 11 is 0. The molecular formula is C22H29N3O3. The number of methoxy groups -OCH3 is 1. The summed E-state index contributed by atoms with van der Waals surface area (Å²) in [5, 5.41) is 2.61. The SMILES string of the molecule is CNC(=O)c1ccc(CN2C[C@@H]3CC[C@H]2CN(Cc2ccc(OC)cc2)C3)o1. The van der Waals surface area contributed by atoms with Crippen LogP contribution in [-0.4, -0.2) is 55.5 Å². The van der Waals surface area contributed by atoms with Gasteiger partial charge in [0.1, 0.15) is 11.5 Å². The van der Waals surface area contributed by atoms with Crippen LogP contribution in [0.15, 0.2) is 40.8 Å². The highest BCUT2D eigenvalue weighted by Crippen LogP contribution is 2.30. The molecule has 150 valence electrons. The predicted octanol–water partition coefficient (Wildman–Crippen LogP) is 2.74. The molecule has 1 N–H and O–H groups in total. The van der Waals surface area contributed by atoms with Gasteiger partial charge in [0.05, 0.1) is 13.7 Å². The first-order valence-electron chi connectivity index (χ1n) is 10.0. The van der Waals surface area contributed by atoms with E-state index in [0.717, 1.165) is 44.2 Å². The maximum absolute atomic E-state index is 11.7. The average molecular weight is 383 g/mol. The monoisotopic (exact) mass is 383 g/mol. The Morgan fingerprint density at radius 1 is 1.11 bits per heavy atom. The molecule has 6 nitrogen and oxygen atoms in total. The number of hydrogen-bond donors (Lipinski definition) is 1. The highest BCUT2D eigenvalue weighted by Gasteiger charge is 2.35. The molecule has 0 radical (unpaired) electrons. The third-order valence-corrected chi connectivity index (χ3v) is 5.94. The van der Waals surface area contributed by atoms with Crippen molar-refractivity contribution in [3.05, 3.63) is 53.5 Å². The first-order valence-corrected chi connectivity index (χ1v) is 10.0. The predicted molar refractivity (Wildman–Crippen MR) is 107 cm³/mol. The highest BCUT2D eigenvalue weighted by atomic mass is 16.5. The van der Waals surface area contributed by atoms with Gasteiger partial charge in [-0.05, 0) is 48.6 Å². The van der Waals surface area contributed by atoms with Crippen molar-refractivity contribution in [3.8, 4) is 5.75 Å². The zero-order valence-electron chi connectivity index (χ0n) is 16.7. The number of furan rings is 1. The first kappa shape index (κ1) is 19.0. The van der Waals surface area contributed by atoms with Gasteiger partial charge in [0.25, 0.3) is 5.91 Å². The summed E-state index contributed by atoms with van der Waals surface area (Å²) in [5.41, 5.74) is 1.33. The number of amides is 1. The molecule has 2 bridgehead atoms. The number of fused-ring (bicyclic) bond motifs is 4. The van der Waals surface area contributed by atoms with Crippen molar-refractivity contribution in [1.82, 2.24) is 15.1 Å². The smallest absolute Gasteiger partial charge is 0.286 e. The van der Waals surface area contributed by atoms with Crippen LogP contribution in [0.3, 0.4) is 0 Å². The molecule has 28 heavy (non-hydrogen) atoms. The Bertz CT molecular complexity index is 802. The Morgan fingerprint density at radius 3 is 2.68 bits per heavy atom. The summed E-state index contributed by atoms with van der Waals surface area (Å²) < 4.78 is 11.0. The molecule has 2 aromatic rings. The van der Waals surface area contributed by atoms with Crippen LogP contribution in [0.25, 0.3) is 0 Å². The largest absolute Gasteiger partial charge is 0.497 e. The second-order valence-electron chi connectivity index (χ2n) is 7.91. The van der Waals surface area contributed by atoms with Gasteiger partial charge in [0.2, 0.25) is 0 Å². The van der Waals surface area contributed by atoms with E-state index in [0.29, 0.717) is 17.7 Å². The van der Waals surface area contributed by atoms with Gasteiger partial charge in [0, 0.05) is 39.3 Å². The maximum atomic E-state index is 11.7. The van der Waals surface area contributed by atoms with E-state index in [2.05, 4.69) is 27.2 Å². The van der Waals surface area contributed by atoms with Crippen molar-refractivity contribution >= 4 is 5.91 Å². The van der Waals surface area contributed by atoms with Crippen LogP contribution in [0.4, 0.5) is 0 Å². The van der Waals surface area contributed by atoms with Crippen molar-refractivity contribution in [2.75, 3.05) is 33.8 Å². The molecular weight excluding hydrogens is 354 g/mol. The molecule has 1 aromatic carbocycles. The molecule has 0 saturated carbocycles. The van der Waals surface area contributed by atoms with E-state index in [4.69, 9.17) is 9.15 Å². The minimum Gasteiger partial charge on any atom is -0.497 e. The molecule has 0 spiro atoms. The van der Waals surface area contributed by atoms with Crippen LogP contribution in [0.2, 0.25) is 0 Å². The van der Waals surface area contributed by atoms with E-state index in [1.807, 2.05) is 18.2 Å². The van der Waals surface area contributed by atoms with Gasteiger partial charge in [-0.3, -0.25) is 14.6 Å². The Morgan fingerprint density at radius 2 is 1.93 bits per heavy atom. The third kappa shape index (κ3) is 4.23. The molecule has 1 aromatic heterocycles. The quantitative estimate of drug-likeness (QED) is 0.831. The number of hydrogen-bond acceptors (Lipinski definition) is 5. The Hall–Kier alpha value is -2.31. The van der Waals surface area contributed by atoms with Gasteiger partial charge in [-0.2, -0.15) is 0 Å². The fourth-order valence-corrected chi connectivity index (χ4v) is 4.50. The molecule has 2 atom stereocenters. The number of nitrogens with one attached hydrogen (secondary N) is 1. The zero-order chi connectivity index (χ0) is 19.5. The van der Waals surface area contributed by atoms with E-state index in [-0.39, 0.29) is 5.91 Å². The summed E-state index contributed by atoms with van der Waals surface area (Å²) in [5.74, 6) is 2.67. The van der Waals surface area contributed by atoms with E-state index < -0.39 is 0 Å². The molecule has 6 heteroatoms. The Kier molecular flexibility index (Phi) is 5.69. The Labute approximate surface area is 166 Å². The summed E-state index contributed by atoms with van der Waals surface area (Å²) in [7, 11) is 3.32. The fourth-order valence-electron chi connectivity index (χ4n) is 4.50. The van der Waals surface area contributed by atoms with Crippen LogP contribution < -0.4 is 10.1 Å². The number of ether oxygens (including phenoxy) is 1. The lowest BCUT2D eigenvalue weighted by Gasteiger charge is -2.35. The van der Waals surface area contributed by atoms with Crippen LogP contribution in [0.1, 0.15) is 34.7 Å². The van der Waals surface area contributed by atoms with Gasteiger partial charge in [0.15, 0.2) is 5.76 Å². The van der Waals surface area contributed by atoms with Crippen molar-refractivity contribution in [2.24, 2.45) is 5.92 Å². The average Bonchev–Trinajstić information content (AvgIpc) is 3.01. The van der Waals surface area contributed by atoms with Gasteiger partial charge < -0.3 is 14.5 Å². The molecule has 3 fully saturated rings. The van der Waals surface area contributed by atoms with E-state index in [1.165, 1.54) is 18.4 Å². The Balaban J connectivity index is 1.40. The number of carbonyl (C=O) groups excluding carboxylic acids is 1. The second kappa shape index (κ2) is 8.37. The summed E-state index contributed by atoms with van der Waals surface area (Å²) in [4.78, 5) is 16.8. The van der Waals surface area contributed by atoms with Crippen LogP contribution in [-0.2, 0) is 13.1 Å². The van der Waals surface area contributed by atoms with Crippen LogP contribution >= 0.6 is 0 Å². The summed E-state index contributed by atoms with van der Waals surface area (Å²) in [6.45, 7) is 5.06. The molecule has 0 aliphatic carbocycles. The van der Waals surface area contributed by atoms with Crippen LogP contribution in [0, 0.1) is 5.92 Å². The van der Waals surface area contributed by atoms with Gasteiger partial charge in [-0.1, -0.05) is 12.1 Å². The molecule has 1 amide bonds. The summed E-state index contributed by atoms with van der Waals surface area (Å²) in [6, 6.07) is 12.6.